The number of nitrogens with two attached hydrogens (primary N) is 1. The van der Waals surface area contributed by atoms with Crippen LogP contribution in [0.1, 0.15) is 37.6 Å². The monoisotopic (exact) mass is 171 g/mol. The molecule has 1 unspecified atom stereocenters. The summed E-state index contributed by atoms with van der Waals surface area (Å²) in [4.78, 5) is 0. The van der Waals surface area contributed by atoms with Gasteiger partial charge in [-0.1, -0.05) is 31.6 Å². The van der Waals surface area contributed by atoms with Crippen molar-refractivity contribution < 1.29 is 0 Å². The van der Waals surface area contributed by atoms with Gasteiger partial charge in [-0.3, -0.25) is 0 Å². The SMILES string of the molecule is CCCC(C)c1nnc(N)s1. The van der Waals surface area contributed by atoms with E-state index in [-0.39, 0.29) is 0 Å². The highest BCUT2D eigenvalue weighted by Gasteiger charge is 2.08. The van der Waals surface area contributed by atoms with Gasteiger partial charge in [0.25, 0.3) is 0 Å². The molecule has 0 aliphatic carbocycles. The molecule has 0 bridgehead atoms. The Morgan fingerprint density at radius 3 is 2.73 bits per heavy atom. The Hall–Kier alpha value is -0.640. The zero-order chi connectivity index (χ0) is 8.27. The molecule has 0 saturated heterocycles. The van der Waals surface area contributed by atoms with Crippen LogP contribution in [0.4, 0.5) is 5.13 Å². The highest BCUT2D eigenvalue weighted by Crippen LogP contribution is 2.24. The van der Waals surface area contributed by atoms with Gasteiger partial charge >= 0.3 is 0 Å². The van der Waals surface area contributed by atoms with Crippen molar-refractivity contribution in [3.63, 3.8) is 0 Å². The van der Waals surface area contributed by atoms with Gasteiger partial charge in [0.05, 0.1) is 0 Å². The zero-order valence-electron chi connectivity index (χ0n) is 6.87. The molecular weight excluding hydrogens is 158 g/mol. The van der Waals surface area contributed by atoms with Crippen LogP contribution in [0.15, 0.2) is 0 Å². The summed E-state index contributed by atoms with van der Waals surface area (Å²) in [5.74, 6) is 0.509. The second-order valence-electron chi connectivity index (χ2n) is 2.67. The van der Waals surface area contributed by atoms with Gasteiger partial charge in [-0.15, -0.1) is 10.2 Å². The first-order valence-electron chi connectivity index (χ1n) is 3.83. The number of rotatable bonds is 3. The second kappa shape index (κ2) is 3.67. The Labute approximate surface area is 70.6 Å². The van der Waals surface area contributed by atoms with E-state index in [2.05, 4.69) is 24.0 Å². The van der Waals surface area contributed by atoms with Crippen LogP contribution in [0.2, 0.25) is 0 Å². The topological polar surface area (TPSA) is 51.8 Å². The van der Waals surface area contributed by atoms with E-state index in [4.69, 9.17) is 5.73 Å². The fraction of sp³-hybridized carbons (Fsp3) is 0.714. The molecule has 0 fully saturated rings. The lowest BCUT2D eigenvalue weighted by molar-refractivity contribution is 0.654. The number of anilines is 1. The molecule has 4 heteroatoms. The molecule has 1 heterocycles. The van der Waals surface area contributed by atoms with E-state index in [0.29, 0.717) is 11.0 Å². The highest BCUT2D eigenvalue weighted by molar-refractivity contribution is 7.15. The molecule has 0 amide bonds. The van der Waals surface area contributed by atoms with Crippen LogP contribution < -0.4 is 5.73 Å². The molecule has 62 valence electrons. The molecule has 11 heavy (non-hydrogen) atoms. The van der Waals surface area contributed by atoms with Crippen molar-refractivity contribution in [2.75, 3.05) is 5.73 Å². The number of hydrogen-bond donors (Lipinski definition) is 1. The second-order valence-corrected chi connectivity index (χ2v) is 3.71. The fourth-order valence-corrected chi connectivity index (χ4v) is 1.70. The third-order valence-electron chi connectivity index (χ3n) is 1.60. The average molecular weight is 171 g/mol. The molecule has 0 saturated carbocycles. The molecule has 1 aromatic heterocycles. The van der Waals surface area contributed by atoms with Gasteiger partial charge in [0.15, 0.2) is 0 Å². The lowest BCUT2D eigenvalue weighted by atomic mass is 10.1. The molecule has 1 rings (SSSR count). The van der Waals surface area contributed by atoms with Gasteiger partial charge < -0.3 is 5.73 Å². The van der Waals surface area contributed by atoms with E-state index in [0.717, 1.165) is 11.4 Å². The van der Waals surface area contributed by atoms with Gasteiger partial charge in [-0.05, 0) is 6.42 Å². The van der Waals surface area contributed by atoms with Crippen LogP contribution in [0.3, 0.4) is 0 Å². The normalized spacial score (nSPS) is 13.3. The molecule has 2 N–H and O–H groups in total. The van der Waals surface area contributed by atoms with Crippen LogP contribution in [0, 0.1) is 0 Å². The standard InChI is InChI=1S/C7H13N3S/c1-3-4-5(2)6-9-10-7(8)11-6/h5H,3-4H2,1-2H3,(H2,8,10). The van der Waals surface area contributed by atoms with Crippen molar-refractivity contribution in [1.82, 2.24) is 10.2 Å². The lowest BCUT2D eigenvalue weighted by Gasteiger charge is -2.02. The molecule has 1 atom stereocenters. The summed E-state index contributed by atoms with van der Waals surface area (Å²) in [6.45, 7) is 4.32. The largest absolute Gasteiger partial charge is 0.374 e. The Balaban J connectivity index is 2.60. The maximum atomic E-state index is 5.46. The molecule has 1 aromatic rings. The van der Waals surface area contributed by atoms with Crippen molar-refractivity contribution in [2.24, 2.45) is 0 Å². The molecule has 0 spiro atoms. The van der Waals surface area contributed by atoms with E-state index < -0.39 is 0 Å². The summed E-state index contributed by atoms with van der Waals surface area (Å²) in [6.07, 6.45) is 2.34. The van der Waals surface area contributed by atoms with Gasteiger partial charge in [-0.25, -0.2) is 0 Å². The maximum Gasteiger partial charge on any atom is 0.203 e. The number of hydrogen-bond acceptors (Lipinski definition) is 4. The van der Waals surface area contributed by atoms with Crippen LogP contribution in [0.25, 0.3) is 0 Å². The summed E-state index contributed by atoms with van der Waals surface area (Å²) in [6, 6.07) is 0. The maximum absolute atomic E-state index is 5.46. The zero-order valence-corrected chi connectivity index (χ0v) is 7.69. The molecule has 0 aliphatic heterocycles. The minimum atomic E-state index is 0.509. The predicted octanol–water partition coefficient (Wildman–Crippen LogP) is 2.02. The fourth-order valence-electron chi connectivity index (χ4n) is 1.00. The molecule has 3 nitrogen and oxygen atoms in total. The van der Waals surface area contributed by atoms with Crippen LogP contribution in [-0.2, 0) is 0 Å². The molecule has 0 aromatic carbocycles. The summed E-state index contributed by atoms with van der Waals surface area (Å²) in [7, 11) is 0. The van der Waals surface area contributed by atoms with Gasteiger partial charge in [-0.2, -0.15) is 0 Å². The Bertz CT molecular complexity index is 221. The van der Waals surface area contributed by atoms with Gasteiger partial charge in [0, 0.05) is 5.92 Å². The van der Waals surface area contributed by atoms with Crippen LogP contribution >= 0.6 is 11.3 Å². The molecule has 0 radical (unpaired) electrons. The summed E-state index contributed by atoms with van der Waals surface area (Å²) in [5.41, 5.74) is 5.46. The van der Waals surface area contributed by atoms with Crippen molar-refractivity contribution in [1.29, 1.82) is 0 Å². The van der Waals surface area contributed by atoms with Crippen molar-refractivity contribution in [3.05, 3.63) is 5.01 Å². The Kier molecular flexibility index (Phi) is 2.82. The number of nitrogens with zero attached hydrogens (tertiary/aromatic N) is 2. The van der Waals surface area contributed by atoms with Crippen molar-refractivity contribution in [2.45, 2.75) is 32.6 Å². The van der Waals surface area contributed by atoms with E-state index >= 15 is 0 Å². The van der Waals surface area contributed by atoms with Gasteiger partial charge in [0.2, 0.25) is 5.13 Å². The minimum Gasteiger partial charge on any atom is -0.374 e. The minimum absolute atomic E-state index is 0.509. The van der Waals surface area contributed by atoms with Crippen molar-refractivity contribution >= 4 is 16.5 Å². The number of nitrogen functional groups attached to an aromatic ring is 1. The van der Waals surface area contributed by atoms with Crippen LogP contribution in [-0.4, -0.2) is 10.2 Å². The third kappa shape index (κ3) is 2.15. The lowest BCUT2D eigenvalue weighted by Crippen LogP contribution is -1.91. The first kappa shape index (κ1) is 8.46. The van der Waals surface area contributed by atoms with E-state index in [9.17, 15) is 0 Å². The summed E-state index contributed by atoms with van der Waals surface area (Å²) in [5, 5.41) is 9.38. The first-order valence-corrected chi connectivity index (χ1v) is 4.64. The van der Waals surface area contributed by atoms with E-state index in [1.165, 1.54) is 17.8 Å². The van der Waals surface area contributed by atoms with Crippen molar-refractivity contribution in [3.8, 4) is 0 Å². The smallest absolute Gasteiger partial charge is 0.203 e. The average Bonchev–Trinajstić information content (AvgIpc) is 2.36. The highest BCUT2D eigenvalue weighted by atomic mass is 32.1. The summed E-state index contributed by atoms with van der Waals surface area (Å²) < 4.78 is 0. The predicted molar refractivity (Wildman–Crippen MR) is 47.6 cm³/mol. The quantitative estimate of drug-likeness (QED) is 0.757. The summed E-state index contributed by atoms with van der Waals surface area (Å²) >= 11 is 1.49. The third-order valence-corrected chi connectivity index (χ3v) is 2.58. The number of aromatic nitrogens is 2. The van der Waals surface area contributed by atoms with Gasteiger partial charge in [0.1, 0.15) is 5.01 Å². The molecular formula is C7H13N3S. The van der Waals surface area contributed by atoms with E-state index in [1.54, 1.807) is 0 Å². The van der Waals surface area contributed by atoms with E-state index in [1.807, 2.05) is 0 Å². The molecule has 0 aliphatic rings. The Morgan fingerprint density at radius 1 is 1.55 bits per heavy atom. The first-order chi connectivity index (χ1) is 5.24. The van der Waals surface area contributed by atoms with Crippen LogP contribution in [0.5, 0.6) is 0 Å². The Morgan fingerprint density at radius 2 is 2.27 bits per heavy atom.